The molecule has 2 N–H and O–H groups in total. The van der Waals surface area contributed by atoms with Gasteiger partial charge in [-0.1, -0.05) is 24.4 Å². The molecular weight excluding hydrogens is 394 g/mol. The van der Waals surface area contributed by atoms with Gasteiger partial charge in [0.1, 0.15) is 18.2 Å². The second-order valence-electron chi connectivity index (χ2n) is 8.55. The minimum Gasteiger partial charge on any atom is -0.486 e. The molecule has 2 aromatic carbocycles. The lowest BCUT2D eigenvalue weighted by Gasteiger charge is -2.22. The van der Waals surface area contributed by atoms with Crippen LogP contribution in [-0.2, 0) is 13.0 Å². The molecule has 0 spiro atoms. The van der Waals surface area contributed by atoms with E-state index in [1.54, 1.807) is 0 Å². The molecule has 0 bridgehead atoms. The minimum absolute atomic E-state index is 0.417. The van der Waals surface area contributed by atoms with E-state index in [9.17, 15) is 0 Å². The van der Waals surface area contributed by atoms with E-state index in [0.717, 1.165) is 34.9 Å². The number of halogens is 1. The maximum atomic E-state index is 5.94. The number of benzene rings is 2. The Labute approximate surface area is 184 Å². The number of nitrogens with one attached hydrogen (secondary N) is 2. The number of unbranched alkanes of at least 4 members (excludes halogenated alkanes) is 1. The molecule has 3 aromatic rings. The van der Waals surface area contributed by atoms with Gasteiger partial charge in [0.25, 0.3) is 0 Å². The number of aromatic nitrogens is 2. The van der Waals surface area contributed by atoms with Gasteiger partial charge in [0.05, 0.1) is 11.0 Å². The predicted molar refractivity (Wildman–Crippen MR) is 125 cm³/mol. The van der Waals surface area contributed by atoms with Crippen LogP contribution in [-0.4, -0.2) is 23.1 Å². The van der Waals surface area contributed by atoms with E-state index >= 15 is 0 Å². The van der Waals surface area contributed by atoms with E-state index in [2.05, 4.69) is 30.2 Å². The average Bonchev–Trinajstić information content (AvgIpc) is 3.18. The second kappa shape index (κ2) is 9.84. The van der Waals surface area contributed by atoms with Crippen LogP contribution in [0.1, 0.15) is 54.6 Å². The van der Waals surface area contributed by atoms with E-state index in [4.69, 9.17) is 21.3 Å². The van der Waals surface area contributed by atoms with Crippen molar-refractivity contribution < 1.29 is 4.74 Å². The number of piperidine rings is 1. The van der Waals surface area contributed by atoms with Crippen molar-refractivity contribution in [2.24, 2.45) is 5.92 Å². The molecule has 0 aliphatic carbocycles. The molecule has 0 amide bonds. The van der Waals surface area contributed by atoms with Crippen LogP contribution in [0, 0.1) is 19.8 Å². The highest BCUT2D eigenvalue weighted by atomic mass is 35.5. The zero-order valence-corrected chi connectivity index (χ0v) is 18.8. The molecule has 4 rings (SSSR count). The maximum absolute atomic E-state index is 5.94. The molecule has 4 nitrogen and oxygen atoms in total. The molecule has 160 valence electrons. The van der Waals surface area contributed by atoms with E-state index in [-0.39, 0.29) is 0 Å². The summed E-state index contributed by atoms with van der Waals surface area (Å²) in [5.41, 5.74) is 6.26. The van der Waals surface area contributed by atoms with Gasteiger partial charge in [0, 0.05) is 5.02 Å². The fraction of sp³-hybridized carbons (Fsp3) is 0.480. The van der Waals surface area contributed by atoms with Crippen molar-refractivity contribution in [2.45, 2.75) is 59.0 Å². The van der Waals surface area contributed by atoms with Crippen LogP contribution in [0.3, 0.4) is 0 Å². The summed E-state index contributed by atoms with van der Waals surface area (Å²) in [6, 6.07) is 9.71. The van der Waals surface area contributed by atoms with Gasteiger partial charge in [-0.05, 0) is 106 Å². The third-order valence-corrected chi connectivity index (χ3v) is 6.71. The first-order valence-corrected chi connectivity index (χ1v) is 11.5. The van der Waals surface area contributed by atoms with Gasteiger partial charge < -0.3 is 15.0 Å². The first-order chi connectivity index (χ1) is 14.6. The molecule has 0 radical (unpaired) electrons. The summed E-state index contributed by atoms with van der Waals surface area (Å²) in [7, 11) is 0. The highest BCUT2D eigenvalue weighted by molar-refractivity contribution is 6.30. The second-order valence-corrected chi connectivity index (χ2v) is 8.98. The summed E-state index contributed by atoms with van der Waals surface area (Å²) in [6.07, 6.45) is 7.79. The Morgan fingerprint density at radius 2 is 1.83 bits per heavy atom. The van der Waals surface area contributed by atoms with Crippen molar-refractivity contribution in [1.29, 1.82) is 0 Å². The maximum Gasteiger partial charge on any atom is 0.146 e. The number of fused-ring (bicyclic) bond motifs is 1. The van der Waals surface area contributed by atoms with Crippen molar-refractivity contribution in [3.63, 3.8) is 0 Å². The largest absolute Gasteiger partial charge is 0.486 e. The normalized spacial score (nSPS) is 15.0. The molecule has 1 fully saturated rings. The van der Waals surface area contributed by atoms with Crippen LogP contribution in [0.15, 0.2) is 30.3 Å². The summed E-state index contributed by atoms with van der Waals surface area (Å²) in [5.74, 6) is 2.57. The highest BCUT2D eigenvalue weighted by Gasteiger charge is 2.14. The number of ether oxygens (including phenoxy) is 1. The van der Waals surface area contributed by atoms with Gasteiger partial charge in [-0.3, -0.25) is 0 Å². The van der Waals surface area contributed by atoms with Crippen LogP contribution < -0.4 is 10.1 Å². The number of H-pyrrole nitrogens is 1. The summed E-state index contributed by atoms with van der Waals surface area (Å²) in [5, 5.41) is 4.17. The lowest BCUT2D eigenvalue weighted by Crippen LogP contribution is -2.27. The quantitative estimate of drug-likeness (QED) is 0.427. The zero-order valence-electron chi connectivity index (χ0n) is 18.1. The molecule has 0 atom stereocenters. The molecule has 1 aromatic heterocycles. The fourth-order valence-electron chi connectivity index (χ4n) is 4.46. The Morgan fingerprint density at radius 1 is 1.07 bits per heavy atom. The number of aromatic amines is 1. The van der Waals surface area contributed by atoms with Gasteiger partial charge in [-0.25, -0.2) is 4.98 Å². The fourth-order valence-corrected chi connectivity index (χ4v) is 4.58. The van der Waals surface area contributed by atoms with E-state index in [1.165, 1.54) is 61.9 Å². The monoisotopic (exact) mass is 425 g/mol. The summed E-state index contributed by atoms with van der Waals surface area (Å²) >= 11 is 5.94. The van der Waals surface area contributed by atoms with Crippen molar-refractivity contribution in [3.05, 3.63) is 57.9 Å². The smallest absolute Gasteiger partial charge is 0.146 e. The Hall–Kier alpha value is -2.04. The molecule has 2 heterocycles. The lowest BCUT2D eigenvalue weighted by atomic mass is 9.91. The number of nitrogens with zero attached hydrogens (tertiary/aromatic N) is 1. The van der Waals surface area contributed by atoms with Gasteiger partial charge in [0.2, 0.25) is 0 Å². The lowest BCUT2D eigenvalue weighted by molar-refractivity contribution is 0.297. The Bertz CT molecular complexity index is 974. The third kappa shape index (κ3) is 5.16. The van der Waals surface area contributed by atoms with Crippen LogP contribution in [0.25, 0.3) is 11.0 Å². The highest BCUT2D eigenvalue weighted by Crippen LogP contribution is 2.26. The van der Waals surface area contributed by atoms with Gasteiger partial charge >= 0.3 is 0 Å². The van der Waals surface area contributed by atoms with E-state index < -0.39 is 0 Å². The van der Waals surface area contributed by atoms with Crippen molar-refractivity contribution in [1.82, 2.24) is 15.3 Å². The molecule has 1 saturated heterocycles. The van der Waals surface area contributed by atoms with Crippen molar-refractivity contribution in [3.8, 4) is 5.75 Å². The number of imidazole rings is 1. The summed E-state index contributed by atoms with van der Waals surface area (Å²) < 4.78 is 5.86. The Balaban J connectivity index is 1.38. The van der Waals surface area contributed by atoms with E-state index in [0.29, 0.717) is 11.6 Å². The predicted octanol–water partition coefficient (Wildman–Crippen LogP) is 6.12. The summed E-state index contributed by atoms with van der Waals surface area (Å²) in [6.45, 7) is 7.23. The number of hydrogen-bond acceptors (Lipinski definition) is 3. The standard InChI is InChI=1S/C25H32ClN3O/c1-17-18(2)25-23(15-20(17)6-4-3-5-19-11-13-27-14-12-19)28-24(29-25)16-30-22-9-7-21(26)8-10-22/h7-10,15,19,27H,3-6,11-14,16H2,1-2H3,(H,28,29). The van der Waals surface area contributed by atoms with Crippen LogP contribution >= 0.6 is 11.6 Å². The molecule has 30 heavy (non-hydrogen) atoms. The number of hydrogen-bond donors (Lipinski definition) is 2. The molecule has 1 aliphatic rings. The van der Waals surface area contributed by atoms with Crippen molar-refractivity contribution >= 4 is 22.6 Å². The molecule has 0 saturated carbocycles. The van der Waals surface area contributed by atoms with Gasteiger partial charge in [0.15, 0.2) is 0 Å². The minimum atomic E-state index is 0.417. The number of rotatable bonds is 8. The van der Waals surface area contributed by atoms with Crippen LogP contribution in [0.5, 0.6) is 5.75 Å². The van der Waals surface area contributed by atoms with Gasteiger partial charge in [-0.2, -0.15) is 0 Å². The first kappa shape index (κ1) is 21.2. The average molecular weight is 426 g/mol. The SMILES string of the molecule is Cc1c(CCCCC2CCNCC2)cc2[nH]c(COc3ccc(Cl)cc3)nc2c1C. The molecule has 0 unspecified atom stereocenters. The zero-order chi connectivity index (χ0) is 20.9. The van der Waals surface area contributed by atoms with E-state index in [1.807, 2.05) is 24.3 Å². The van der Waals surface area contributed by atoms with Crippen LogP contribution in [0.4, 0.5) is 0 Å². The Kier molecular flexibility index (Phi) is 6.96. The van der Waals surface area contributed by atoms with Crippen molar-refractivity contribution in [2.75, 3.05) is 13.1 Å². The topological polar surface area (TPSA) is 49.9 Å². The van der Waals surface area contributed by atoms with Crippen LogP contribution in [0.2, 0.25) is 5.02 Å². The molecule has 5 heteroatoms. The molecular formula is C25H32ClN3O. The molecule has 1 aliphatic heterocycles. The van der Waals surface area contributed by atoms with Gasteiger partial charge in [-0.15, -0.1) is 0 Å². The first-order valence-electron chi connectivity index (χ1n) is 11.2. The Morgan fingerprint density at radius 3 is 2.60 bits per heavy atom. The number of aryl methyl sites for hydroxylation is 2. The summed E-state index contributed by atoms with van der Waals surface area (Å²) in [4.78, 5) is 8.25. The third-order valence-electron chi connectivity index (χ3n) is 6.46.